The fraction of sp³-hybridized carbons (Fsp3) is 0.381. The molecule has 1 amide bonds. The van der Waals surface area contributed by atoms with Crippen molar-refractivity contribution in [3.8, 4) is 5.75 Å². The molecule has 0 bridgehead atoms. The molecule has 1 saturated heterocycles. The number of piperidine rings is 1. The fourth-order valence-electron chi connectivity index (χ4n) is 3.92. The van der Waals surface area contributed by atoms with E-state index in [1.54, 1.807) is 7.11 Å². The Morgan fingerprint density at radius 3 is 2.50 bits per heavy atom. The second-order valence-electron chi connectivity index (χ2n) is 7.57. The minimum Gasteiger partial charge on any atom is -0.497 e. The number of sulfonamides is 1. The Bertz CT molecular complexity index is 1050. The van der Waals surface area contributed by atoms with Crippen LogP contribution in [0.15, 0.2) is 41.3 Å². The van der Waals surface area contributed by atoms with Crippen molar-refractivity contribution in [2.75, 3.05) is 30.4 Å². The molecule has 7 nitrogen and oxygen atoms in total. The van der Waals surface area contributed by atoms with E-state index in [0.717, 1.165) is 17.5 Å². The molecule has 0 atom stereocenters. The van der Waals surface area contributed by atoms with Crippen LogP contribution in [0.5, 0.6) is 5.75 Å². The smallest absolute Gasteiger partial charge is 0.243 e. The SMILES string of the molecule is COc1ccc(N2CCC(NS(=O)(=O)c3cc4c(cc3F)NC(=O)CC4)CC2)cc1. The van der Waals surface area contributed by atoms with Crippen molar-refractivity contribution in [1.29, 1.82) is 0 Å². The van der Waals surface area contributed by atoms with Gasteiger partial charge in [-0.05, 0) is 61.2 Å². The van der Waals surface area contributed by atoms with Crippen molar-refractivity contribution in [3.63, 3.8) is 0 Å². The van der Waals surface area contributed by atoms with Gasteiger partial charge in [0.05, 0.1) is 7.11 Å². The summed E-state index contributed by atoms with van der Waals surface area (Å²) < 4.78 is 48.0. The minimum absolute atomic E-state index is 0.195. The number of benzene rings is 2. The van der Waals surface area contributed by atoms with Gasteiger partial charge in [-0.2, -0.15) is 0 Å². The molecular formula is C21H24FN3O4S. The summed E-state index contributed by atoms with van der Waals surface area (Å²) in [6.07, 6.45) is 1.89. The average Bonchev–Trinajstić information content (AvgIpc) is 2.73. The van der Waals surface area contributed by atoms with Gasteiger partial charge in [-0.3, -0.25) is 4.79 Å². The summed E-state index contributed by atoms with van der Waals surface area (Å²) in [7, 11) is -2.38. The maximum atomic E-state index is 14.5. The molecule has 2 aliphatic heterocycles. The number of halogens is 1. The quantitative estimate of drug-likeness (QED) is 0.757. The Hall–Kier alpha value is -2.65. The van der Waals surface area contributed by atoms with Gasteiger partial charge < -0.3 is 15.0 Å². The second kappa shape index (κ2) is 8.23. The largest absolute Gasteiger partial charge is 0.497 e. The molecule has 4 rings (SSSR count). The third kappa shape index (κ3) is 4.27. The first-order valence-electron chi connectivity index (χ1n) is 9.89. The van der Waals surface area contributed by atoms with E-state index in [0.29, 0.717) is 43.6 Å². The molecule has 2 N–H and O–H groups in total. The molecule has 0 unspecified atom stereocenters. The number of aryl methyl sites for hydroxylation is 1. The summed E-state index contributed by atoms with van der Waals surface area (Å²) in [4.78, 5) is 13.3. The maximum absolute atomic E-state index is 14.5. The Balaban J connectivity index is 1.42. The molecule has 2 aliphatic rings. The first-order valence-corrected chi connectivity index (χ1v) is 11.4. The molecular weight excluding hydrogens is 409 g/mol. The summed E-state index contributed by atoms with van der Waals surface area (Å²) >= 11 is 0. The van der Waals surface area contributed by atoms with Crippen LogP contribution in [0.3, 0.4) is 0 Å². The minimum atomic E-state index is -4.00. The average molecular weight is 434 g/mol. The third-order valence-electron chi connectivity index (χ3n) is 5.60. The van der Waals surface area contributed by atoms with Crippen molar-refractivity contribution in [3.05, 3.63) is 47.8 Å². The zero-order chi connectivity index (χ0) is 21.3. The number of carbonyl (C=O) groups is 1. The molecule has 9 heteroatoms. The molecule has 30 heavy (non-hydrogen) atoms. The molecule has 0 aromatic heterocycles. The van der Waals surface area contributed by atoms with Gasteiger partial charge in [-0.25, -0.2) is 17.5 Å². The van der Waals surface area contributed by atoms with E-state index in [4.69, 9.17) is 4.74 Å². The van der Waals surface area contributed by atoms with Gasteiger partial charge in [0.15, 0.2) is 0 Å². The highest BCUT2D eigenvalue weighted by molar-refractivity contribution is 7.89. The molecule has 0 aliphatic carbocycles. The summed E-state index contributed by atoms with van der Waals surface area (Å²) in [6, 6.07) is 9.90. The van der Waals surface area contributed by atoms with Crippen molar-refractivity contribution >= 4 is 27.3 Å². The van der Waals surface area contributed by atoms with Crippen LogP contribution in [0.2, 0.25) is 0 Å². The lowest BCUT2D eigenvalue weighted by Gasteiger charge is -2.34. The van der Waals surface area contributed by atoms with Crippen LogP contribution in [0.4, 0.5) is 15.8 Å². The van der Waals surface area contributed by atoms with Crippen molar-refractivity contribution in [2.24, 2.45) is 0 Å². The van der Waals surface area contributed by atoms with E-state index in [-0.39, 0.29) is 23.3 Å². The van der Waals surface area contributed by atoms with Gasteiger partial charge in [0.2, 0.25) is 15.9 Å². The van der Waals surface area contributed by atoms with Gasteiger partial charge in [0.25, 0.3) is 0 Å². The highest BCUT2D eigenvalue weighted by Crippen LogP contribution is 2.29. The topological polar surface area (TPSA) is 87.7 Å². The second-order valence-corrected chi connectivity index (χ2v) is 9.25. The molecule has 2 aromatic rings. The number of nitrogens with zero attached hydrogens (tertiary/aromatic N) is 1. The normalized spacial score (nSPS) is 17.4. The number of hydrogen-bond donors (Lipinski definition) is 2. The Morgan fingerprint density at radius 2 is 1.83 bits per heavy atom. The van der Waals surface area contributed by atoms with E-state index in [9.17, 15) is 17.6 Å². The number of nitrogens with one attached hydrogen (secondary N) is 2. The Labute approximate surface area is 175 Å². The molecule has 0 radical (unpaired) electrons. The van der Waals surface area contributed by atoms with Gasteiger partial charge >= 0.3 is 0 Å². The van der Waals surface area contributed by atoms with E-state index >= 15 is 0 Å². The lowest BCUT2D eigenvalue weighted by atomic mass is 10.0. The number of methoxy groups -OCH3 is 1. The highest BCUT2D eigenvalue weighted by Gasteiger charge is 2.28. The molecule has 0 saturated carbocycles. The van der Waals surface area contributed by atoms with Crippen LogP contribution in [-0.2, 0) is 21.2 Å². The van der Waals surface area contributed by atoms with E-state index in [2.05, 4.69) is 14.9 Å². The molecule has 160 valence electrons. The van der Waals surface area contributed by atoms with Crippen LogP contribution < -0.4 is 19.7 Å². The molecule has 2 heterocycles. The molecule has 1 fully saturated rings. The van der Waals surface area contributed by atoms with Crippen molar-refractivity contribution in [2.45, 2.75) is 36.6 Å². The summed E-state index contributed by atoms with van der Waals surface area (Å²) in [5, 5.41) is 2.58. The van der Waals surface area contributed by atoms with Crippen LogP contribution in [0.25, 0.3) is 0 Å². The summed E-state index contributed by atoms with van der Waals surface area (Å²) in [6.45, 7) is 1.39. The number of rotatable bonds is 5. The number of anilines is 2. The van der Waals surface area contributed by atoms with Crippen LogP contribution in [0.1, 0.15) is 24.8 Å². The van der Waals surface area contributed by atoms with Crippen LogP contribution in [-0.4, -0.2) is 40.6 Å². The van der Waals surface area contributed by atoms with Gasteiger partial charge in [0, 0.05) is 36.9 Å². The van der Waals surface area contributed by atoms with E-state index in [1.807, 2.05) is 24.3 Å². The van der Waals surface area contributed by atoms with Crippen molar-refractivity contribution in [1.82, 2.24) is 4.72 Å². The third-order valence-corrected chi connectivity index (χ3v) is 7.13. The molecule has 2 aromatic carbocycles. The Morgan fingerprint density at radius 1 is 1.13 bits per heavy atom. The lowest BCUT2D eigenvalue weighted by Crippen LogP contribution is -2.44. The van der Waals surface area contributed by atoms with Gasteiger partial charge in [-0.1, -0.05) is 0 Å². The molecule has 0 spiro atoms. The standard InChI is InChI=1S/C21H24FN3O4S/c1-29-17-5-3-16(4-6-17)25-10-8-15(9-11-25)24-30(27,28)20-12-14-2-7-21(26)23-19(14)13-18(20)22/h3-6,12-13,15,24H,2,7-11H2,1H3,(H,23,26). The van der Waals surface area contributed by atoms with Crippen molar-refractivity contribution < 1.29 is 22.3 Å². The highest BCUT2D eigenvalue weighted by atomic mass is 32.2. The number of hydrogen-bond acceptors (Lipinski definition) is 5. The zero-order valence-electron chi connectivity index (χ0n) is 16.7. The lowest BCUT2D eigenvalue weighted by molar-refractivity contribution is -0.116. The Kier molecular flexibility index (Phi) is 5.66. The summed E-state index contributed by atoms with van der Waals surface area (Å²) in [5.74, 6) is -0.272. The zero-order valence-corrected chi connectivity index (χ0v) is 17.5. The number of ether oxygens (including phenoxy) is 1. The van der Waals surface area contributed by atoms with Crippen LogP contribution >= 0.6 is 0 Å². The fourth-order valence-corrected chi connectivity index (χ4v) is 5.33. The van der Waals surface area contributed by atoms with Gasteiger partial charge in [-0.15, -0.1) is 0 Å². The van der Waals surface area contributed by atoms with E-state index in [1.165, 1.54) is 6.07 Å². The number of amides is 1. The van der Waals surface area contributed by atoms with E-state index < -0.39 is 15.8 Å². The number of fused-ring (bicyclic) bond motifs is 1. The van der Waals surface area contributed by atoms with Crippen LogP contribution in [0, 0.1) is 5.82 Å². The first-order chi connectivity index (χ1) is 14.4. The first kappa shape index (κ1) is 20.6. The summed E-state index contributed by atoms with van der Waals surface area (Å²) in [5.41, 5.74) is 2.03. The number of carbonyl (C=O) groups excluding carboxylic acids is 1. The predicted octanol–water partition coefficient (Wildman–Crippen LogP) is 2.67. The predicted molar refractivity (Wildman–Crippen MR) is 112 cm³/mol. The maximum Gasteiger partial charge on any atom is 0.243 e. The van der Waals surface area contributed by atoms with Gasteiger partial charge in [0.1, 0.15) is 16.5 Å². The monoisotopic (exact) mass is 433 g/mol.